The summed E-state index contributed by atoms with van der Waals surface area (Å²) in [5, 5.41) is 12.1. The van der Waals surface area contributed by atoms with Crippen LogP contribution in [0.3, 0.4) is 0 Å². The van der Waals surface area contributed by atoms with Crippen LogP contribution in [0, 0.1) is 0 Å². The zero-order valence-corrected chi connectivity index (χ0v) is 12.5. The fourth-order valence-corrected chi connectivity index (χ4v) is 3.63. The lowest BCUT2D eigenvalue weighted by atomic mass is 10.2. The van der Waals surface area contributed by atoms with Gasteiger partial charge in [-0.25, -0.2) is 0 Å². The smallest absolute Gasteiger partial charge is 0.172 e. The van der Waals surface area contributed by atoms with Gasteiger partial charge in [-0.3, -0.25) is 0 Å². The predicted molar refractivity (Wildman–Crippen MR) is 81.0 cm³/mol. The number of thioether (sulfide) groups is 2. The molecule has 0 heterocycles. The molecule has 0 saturated heterocycles. The number of amidine groups is 1. The van der Waals surface area contributed by atoms with Crippen molar-refractivity contribution in [1.29, 1.82) is 0 Å². The van der Waals surface area contributed by atoms with E-state index in [2.05, 4.69) is 19.0 Å². The fraction of sp³-hybridized carbons (Fsp3) is 0.462. The van der Waals surface area contributed by atoms with Crippen molar-refractivity contribution < 1.29 is 5.21 Å². The van der Waals surface area contributed by atoms with Crippen molar-refractivity contribution in [2.45, 2.75) is 36.5 Å². The van der Waals surface area contributed by atoms with Gasteiger partial charge in [0.05, 0.1) is 0 Å². The van der Waals surface area contributed by atoms with E-state index < -0.39 is 0 Å². The van der Waals surface area contributed by atoms with Crippen LogP contribution in [-0.4, -0.2) is 22.5 Å². The van der Waals surface area contributed by atoms with E-state index in [0.29, 0.717) is 0 Å². The van der Waals surface area contributed by atoms with Gasteiger partial charge in [0.15, 0.2) is 5.84 Å². The fourth-order valence-electron chi connectivity index (χ4n) is 1.54. The summed E-state index contributed by atoms with van der Waals surface area (Å²) in [7, 11) is 0. The Morgan fingerprint density at radius 2 is 1.94 bits per heavy atom. The van der Waals surface area contributed by atoms with E-state index in [9.17, 15) is 0 Å². The molecule has 18 heavy (non-hydrogen) atoms. The number of hydrogen-bond acceptors (Lipinski definition) is 4. The van der Waals surface area contributed by atoms with Crippen LogP contribution in [0.25, 0.3) is 0 Å². The Balaban J connectivity index is 3.03. The van der Waals surface area contributed by atoms with Crippen molar-refractivity contribution in [3.63, 3.8) is 0 Å². The topological polar surface area (TPSA) is 58.6 Å². The Hall–Kier alpha value is -0.810. The van der Waals surface area contributed by atoms with Crippen molar-refractivity contribution in [1.82, 2.24) is 0 Å². The summed E-state index contributed by atoms with van der Waals surface area (Å²) < 4.78 is 0. The maximum atomic E-state index is 8.92. The monoisotopic (exact) mass is 284 g/mol. The number of benzene rings is 1. The van der Waals surface area contributed by atoms with E-state index in [4.69, 9.17) is 10.9 Å². The summed E-state index contributed by atoms with van der Waals surface area (Å²) in [5.74, 6) is 2.22. The molecule has 0 bridgehead atoms. The molecule has 0 aliphatic rings. The lowest BCUT2D eigenvalue weighted by molar-refractivity contribution is 0.318. The van der Waals surface area contributed by atoms with Gasteiger partial charge in [0.1, 0.15) is 0 Å². The molecular formula is C13H20N2OS2. The van der Waals surface area contributed by atoms with Gasteiger partial charge >= 0.3 is 0 Å². The van der Waals surface area contributed by atoms with Gasteiger partial charge in [-0.05, 0) is 30.1 Å². The summed E-state index contributed by atoms with van der Waals surface area (Å²) in [6.07, 6.45) is 2.35. The van der Waals surface area contributed by atoms with Crippen molar-refractivity contribution in [3.05, 3.63) is 23.8 Å². The molecule has 0 radical (unpaired) electrons. The SMILES string of the molecule is CCCCSc1cccc(SCC)c1/C(N)=N/O. The lowest BCUT2D eigenvalue weighted by Crippen LogP contribution is -2.15. The molecule has 0 unspecified atom stereocenters. The molecule has 0 spiro atoms. The van der Waals surface area contributed by atoms with E-state index in [1.807, 2.05) is 18.2 Å². The van der Waals surface area contributed by atoms with Gasteiger partial charge in [0, 0.05) is 15.4 Å². The summed E-state index contributed by atoms with van der Waals surface area (Å²) >= 11 is 3.48. The van der Waals surface area contributed by atoms with E-state index in [0.717, 1.165) is 26.9 Å². The quantitative estimate of drug-likeness (QED) is 0.200. The second-order valence-corrected chi connectivity index (χ2v) is 6.19. The average Bonchev–Trinajstić information content (AvgIpc) is 2.39. The highest BCUT2D eigenvalue weighted by molar-refractivity contribution is 8.00. The molecule has 1 aromatic rings. The number of rotatable bonds is 7. The van der Waals surface area contributed by atoms with Crippen molar-refractivity contribution >= 4 is 29.4 Å². The molecule has 0 saturated carbocycles. The maximum absolute atomic E-state index is 8.92. The minimum atomic E-state index is 0.200. The molecule has 0 atom stereocenters. The second kappa shape index (κ2) is 8.32. The van der Waals surface area contributed by atoms with Crippen LogP contribution in [-0.2, 0) is 0 Å². The molecule has 1 aromatic carbocycles. The van der Waals surface area contributed by atoms with E-state index in [1.165, 1.54) is 12.8 Å². The molecule has 1 rings (SSSR count). The molecule has 0 amide bonds. The summed E-state index contributed by atoms with van der Waals surface area (Å²) in [4.78, 5) is 2.17. The van der Waals surface area contributed by atoms with Crippen molar-refractivity contribution in [2.24, 2.45) is 10.9 Å². The third-order valence-corrected chi connectivity index (χ3v) is 4.49. The Morgan fingerprint density at radius 3 is 2.50 bits per heavy atom. The van der Waals surface area contributed by atoms with Crippen molar-refractivity contribution in [3.8, 4) is 0 Å². The summed E-state index contributed by atoms with van der Waals surface area (Å²) in [6, 6.07) is 6.08. The molecule has 0 aromatic heterocycles. The Bertz CT molecular complexity index is 408. The van der Waals surface area contributed by atoms with Crippen LogP contribution in [0.4, 0.5) is 0 Å². The number of hydrogen-bond donors (Lipinski definition) is 2. The normalized spacial score (nSPS) is 11.8. The minimum absolute atomic E-state index is 0.200. The molecule has 0 fully saturated rings. The van der Waals surface area contributed by atoms with Crippen LogP contribution in [0.5, 0.6) is 0 Å². The first-order valence-corrected chi connectivity index (χ1v) is 8.08. The predicted octanol–water partition coefficient (Wildman–Crippen LogP) is 3.79. The van der Waals surface area contributed by atoms with Gasteiger partial charge < -0.3 is 10.9 Å². The van der Waals surface area contributed by atoms with E-state index in [-0.39, 0.29) is 5.84 Å². The number of oxime groups is 1. The van der Waals surface area contributed by atoms with Crippen molar-refractivity contribution in [2.75, 3.05) is 11.5 Å². The van der Waals surface area contributed by atoms with Crippen LogP contribution < -0.4 is 5.73 Å². The largest absolute Gasteiger partial charge is 0.409 e. The van der Waals surface area contributed by atoms with E-state index in [1.54, 1.807) is 23.5 Å². The number of unbranched alkanes of at least 4 members (excludes halogenated alkanes) is 1. The van der Waals surface area contributed by atoms with Gasteiger partial charge in [0.2, 0.25) is 0 Å². The number of nitrogens with zero attached hydrogens (tertiary/aromatic N) is 1. The van der Waals surface area contributed by atoms with Gasteiger partial charge in [-0.2, -0.15) is 0 Å². The average molecular weight is 284 g/mol. The zero-order chi connectivity index (χ0) is 13.4. The molecule has 5 heteroatoms. The highest BCUT2D eigenvalue weighted by atomic mass is 32.2. The molecule has 100 valence electrons. The first-order valence-electron chi connectivity index (χ1n) is 6.11. The van der Waals surface area contributed by atoms with Crippen LogP contribution >= 0.6 is 23.5 Å². The Morgan fingerprint density at radius 1 is 1.28 bits per heavy atom. The first kappa shape index (κ1) is 15.2. The number of nitrogens with two attached hydrogens (primary N) is 1. The standard InChI is InChI=1S/C13H20N2OS2/c1-3-5-9-18-11-8-6-7-10(17-4-2)12(11)13(14)15-16/h6-8,16H,3-5,9H2,1-2H3,(H2,14,15). The first-order chi connectivity index (χ1) is 8.74. The summed E-state index contributed by atoms with van der Waals surface area (Å²) in [6.45, 7) is 4.27. The van der Waals surface area contributed by atoms with Crippen LogP contribution in [0.15, 0.2) is 33.1 Å². The Kier molecular flexibility index (Phi) is 7.05. The van der Waals surface area contributed by atoms with E-state index >= 15 is 0 Å². The third-order valence-electron chi connectivity index (χ3n) is 2.41. The molecule has 0 aliphatic heterocycles. The molecule has 0 aliphatic carbocycles. The second-order valence-electron chi connectivity index (χ2n) is 3.75. The highest BCUT2D eigenvalue weighted by Gasteiger charge is 2.13. The molecule has 3 N–H and O–H groups in total. The van der Waals surface area contributed by atoms with Gasteiger partial charge in [0.25, 0.3) is 0 Å². The highest BCUT2D eigenvalue weighted by Crippen LogP contribution is 2.31. The van der Waals surface area contributed by atoms with Crippen LogP contribution in [0.1, 0.15) is 32.3 Å². The van der Waals surface area contributed by atoms with Crippen LogP contribution in [0.2, 0.25) is 0 Å². The minimum Gasteiger partial charge on any atom is -0.409 e. The maximum Gasteiger partial charge on any atom is 0.172 e. The molecular weight excluding hydrogens is 264 g/mol. The van der Waals surface area contributed by atoms with Gasteiger partial charge in [-0.1, -0.05) is 31.5 Å². The van der Waals surface area contributed by atoms with Gasteiger partial charge in [-0.15, -0.1) is 23.5 Å². The third kappa shape index (κ3) is 4.14. The lowest BCUT2D eigenvalue weighted by Gasteiger charge is -2.12. The zero-order valence-electron chi connectivity index (χ0n) is 10.8. The Labute approximate surface area is 117 Å². The molecule has 3 nitrogen and oxygen atoms in total. The summed E-state index contributed by atoms with van der Waals surface area (Å²) in [5.41, 5.74) is 6.67.